The molecule has 2 aromatic heterocycles. The highest BCUT2D eigenvalue weighted by Gasteiger charge is 2.27. The van der Waals surface area contributed by atoms with Crippen LogP contribution in [0, 0.1) is 13.8 Å². The third kappa shape index (κ3) is 1.93. The number of hydrogen-bond donors (Lipinski definition) is 1. The molecule has 3 rings (SSSR count). The molecule has 2 heterocycles. The zero-order valence-electron chi connectivity index (χ0n) is 9.91. The van der Waals surface area contributed by atoms with Crippen LogP contribution in [0.5, 0.6) is 0 Å². The number of nitrogens with one attached hydrogen (secondary N) is 1. The van der Waals surface area contributed by atoms with Crippen molar-refractivity contribution in [3.05, 3.63) is 38.8 Å². The van der Waals surface area contributed by atoms with Crippen LogP contribution >= 0.6 is 11.3 Å². The van der Waals surface area contributed by atoms with Gasteiger partial charge in [0.25, 0.3) is 5.56 Å². The van der Waals surface area contributed by atoms with Gasteiger partial charge in [-0.15, -0.1) is 11.3 Å². The zero-order chi connectivity index (χ0) is 12.0. The van der Waals surface area contributed by atoms with E-state index in [0.717, 1.165) is 34.8 Å². The first-order valence-corrected chi connectivity index (χ1v) is 6.64. The third-order valence-corrected chi connectivity index (χ3v) is 4.11. The van der Waals surface area contributed by atoms with Crippen LogP contribution in [0.4, 0.5) is 0 Å². The maximum atomic E-state index is 11.9. The van der Waals surface area contributed by atoms with Gasteiger partial charge in [-0.3, -0.25) is 4.79 Å². The molecule has 0 atom stereocenters. The average molecular weight is 246 g/mol. The zero-order valence-corrected chi connectivity index (χ0v) is 10.7. The Morgan fingerprint density at radius 3 is 2.71 bits per heavy atom. The van der Waals surface area contributed by atoms with Gasteiger partial charge in [-0.25, -0.2) is 4.98 Å². The Hall–Kier alpha value is -1.42. The first-order chi connectivity index (χ1) is 8.15. The van der Waals surface area contributed by atoms with E-state index in [1.54, 1.807) is 11.3 Å². The van der Waals surface area contributed by atoms with Crippen LogP contribution in [0.2, 0.25) is 0 Å². The molecule has 0 spiro atoms. The average Bonchev–Trinajstić information content (AvgIpc) is 3.05. The molecule has 3 nitrogen and oxygen atoms in total. The van der Waals surface area contributed by atoms with Gasteiger partial charge in [-0.05, 0) is 38.8 Å². The van der Waals surface area contributed by atoms with Crippen molar-refractivity contribution in [2.24, 2.45) is 0 Å². The standard InChI is InChI=1S/C13H14N2OS/c1-7-3-6-10(17-7)11-8(2)13(16)15-12(14-11)9-4-5-9/h3,6,9H,4-5H2,1-2H3,(H,14,15,16). The lowest BCUT2D eigenvalue weighted by molar-refractivity contribution is 0.902. The van der Waals surface area contributed by atoms with Gasteiger partial charge in [0.2, 0.25) is 0 Å². The molecule has 0 unspecified atom stereocenters. The maximum Gasteiger partial charge on any atom is 0.254 e. The van der Waals surface area contributed by atoms with E-state index < -0.39 is 0 Å². The Kier molecular flexibility index (Phi) is 2.40. The highest BCUT2D eigenvalue weighted by atomic mass is 32.1. The van der Waals surface area contributed by atoms with Crippen molar-refractivity contribution >= 4 is 11.3 Å². The van der Waals surface area contributed by atoms with Crippen LogP contribution in [0.3, 0.4) is 0 Å². The molecule has 0 aliphatic heterocycles. The molecule has 1 saturated carbocycles. The van der Waals surface area contributed by atoms with Gasteiger partial charge in [0.15, 0.2) is 0 Å². The van der Waals surface area contributed by atoms with Crippen LogP contribution in [0.25, 0.3) is 10.6 Å². The third-order valence-electron chi connectivity index (χ3n) is 3.11. The van der Waals surface area contributed by atoms with Gasteiger partial charge in [-0.1, -0.05) is 0 Å². The van der Waals surface area contributed by atoms with Crippen molar-refractivity contribution in [3.8, 4) is 10.6 Å². The minimum Gasteiger partial charge on any atom is -0.310 e. The fourth-order valence-electron chi connectivity index (χ4n) is 1.90. The summed E-state index contributed by atoms with van der Waals surface area (Å²) in [5, 5.41) is 0. The highest BCUT2D eigenvalue weighted by molar-refractivity contribution is 7.15. The predicted octanol–water partition coefficient (Wildman–Crippen LogP) is 2.99. The molecule has 0 amide bonds. The molecule has 17 heavy (non-hydrogen) atoms. The number of thiophene rings is 1. The Morgan fingerprint density at radius 2 is 2.12 bits per heavy atom. The summed E-state index contributed by atoms with van der Waals surface area (Å²) in [4.78, 5) is 21.7. The number of H-pyrrole nitrogens is 1. The number of rotatable bonds is 2. The fraction of sp³-hybridized carbons (Fsp3) is 0.385. The second kappa shape index (κ2) is 3.81. The quantitative estimate of drug-likeness (QED) is 0.885. The van der Waals surface area contributed by atoms with Gasteiger partial charge in [0.05, 0.1) is 10.6 Å². The van der Waals surface area contributed by atoms with Gasteiger partial charge in [0, 0.05) is 16.4 Å². The lowest BCUT2D eigenvalue weighted by Gasteiger charge is -2.04. The minimum atomic E-state index is 0.00273. The summed E-state index contributed by atoms with van der Waals surface area (Å²) in [5.41, 5.74) is 1.58. The second-order valence-electron chi connectivity index (χ2n) is 4.61. The number of aromatic nitrogens is 2. The van der Waals surface area contributed by atoms with Gasteiger partial charge in [-0.2, -0.15) is 0 Å². The molecule has 1 fully saturated rings. The Labute approximate surface area is 104 Å². The van der Waals surface area contributed by atoms with Crippen LogP contribution in [-0.2, 0) is 0 Å². The summed E-state index contributed by atoms with van der Waals surface area (Å²) >= 11 is 1.69. The minimum absolute atomic E-state index is 0.00273. The highest BCUT2D eigenvalue weighted by Crippen LogP contribution is 2.38. The molecule has 1 aliphatic rings. The van der Waals surface area contributed by atoms with E-state index in [4.69, 9.17) is 0 Å². The van der Waals surface area contributed by atoms with Gasteiger partial charge < -0.3 is 4.98 Å². The summed E-state index contributed by atoms with van der Waals surface area (Å²) in [6.07, 6.45) is 2.30. The van der Waals surface area contributed by atoms with E-state index in [0.29, 0.717) is 5.92 Å². The summed E-state index contributed by atoms with van der Waals surface area (Å²) < 4.78 is 0. The Morgan fingerprint density at radius 1 is 1.35 bits per heavy atom. The van der Waals surface area contributed by atoms with E-state index in [1.165, 1.54) is 4.88 Å². The van der Waals surface area contributed by atoms with Crippen LogP contribution in [0.1, 0.15) is 35.0 Å². The number of aromatic amines is 1. The molecule has 0 saturated heterocycles. The topological polar surface area (TPSA) is 45.8 Å². The molecule has 2 aromatic rings. The molecule has 4 heteroatoms. The Balaban J connectivity index is 2.17. The van der Waals surface area contributed by atoms with E-state index in [-0.39, 0.29) is 5.56 Å². The van der Waals surface area contributed by atoms with Crippen molar-refractivity contribution in [1.82, 2.24) is 9.97 Å². The lowest BCUT2D eigenvalue weighted by atomic mass is 10.2. The van der Waals surface area contributed by atoms with E-state index in [9.17, 15) is 4.79 Å². The number of nitrogens with zero attached hydrogens (tertiary/aromatic N) is 1. The molecule has 1 aliphatic carbocycles. The van der Waals surface area contributed by atoms with Crippen molar-refractivity contribution in [3.63, 3.8) is 0 Å². The number of hydrogen-bond acceptors (Lipinski definition) is 3. The first kappa shape index (κ1) is 10.7. The normalized spacial score (nSPS) is 15.2. The maximum absolute atomic E-state index is 11.9. The largest absolute Gasteiger partial charge is 0.310 e. The van der Waals surface area contributed by atoms with E-state index in [2.05, 4.69) is 23.0 Å². The lowest BCUT2D eigenvalue weighted by Crippen LogP contribution is -2.15. The summed E-state index contributed by atoms with van der Waals surface area (Å²) in [7, 11) is 0. The monoisotopic (exact) mass is 246 g/mol. The molecule has 0 bridgehead atoms. The first-order valence-electron chi connectivity index (χ1n) is 5.83. The molecular formula is C13H14N2OS. The van der Waals surface area contributed by atoms with Crippen LogP contribution in [0.15, 0.2) is 16.9 Å². The number of aryl methyl sites for hydroxylation is 1. The summed E-state index contributed by atoms with van der Waals surface area (Å²) in [5.74, 6) is 1.34. The van der Waals surface area contributed by atoms with Crippen molar-refractivity contribution in [1.29, 1.82) is 0 Å². The van der Waals surface area contributed by atoms with Crippen molar-refractivity contribution in [2.75, 3.05) is 0 Å². The predicted molar refractivity (Wildman–Crippen MR) is 69.6 cm³/mol. The van der Waals surface area contributed by atoms with Crippen molar-refractivity contribution in [2.45, 2.75) is 32.6 Å². The second-order valence-corrected chi connectivity index (χ2v) is 5.90. The smallest absolute Gasteiger partial charge is 0.254 e. The van der Waals surface area contributed by atoms with E-state index in [1.807, 2.05) is 13.0 Å². The van der Waals surface area contributed by atoms with Gasteiger partial charge in [0.1, 0.15) is 5.82 Å². The van der Waals surface area contributed by atoms with Gasteiger partial charge >= 0.3 is 0 Å². The van der Waals surface area contributed by atoms with Crippen LogP contribution in [-0.4, -0.2) is 9.97 Å². The molecule has 0 radical (unpaired) electrons. The fourth-order valence-corrected chi connectivity index (χ4v) is 2.82. The molecular weight excluding hydrogens is 232 g/mol. The summed E-state index contributed by atoms with van der Waals surface area (Å²) in [6, 6.07) is 4.12. The van der Waals surface area contributed by atoms with Crippen LogP contribution < -0.4 is 5.56 Å². The Bertz CT molecular complexity index is 623. The molecule has 1 N–H and O–H groups in total. The van der Waals surface area contributed by atoms with Crippen molar-refractivity contribution < 1.29 is 0 Å². The SMILES string of the molecule is Cc1ccc(-c2nc(C3CC3)[nH]c(=O)c2C)s1. The summed E-state index contributed by atoms with van der Waals surface area (Å²) in [6.45, 7) is 3.91. The molecule has 88 valence electrons. The van der Waals surface area contributed by atoms with E-state index >= 15 is 0 Å². The molecule has 0 aromatic carbocycles.